The second-order valence-electron chi connectivity index (χ2n) is 6.68. The van der Waals surface area contributed by atoms with Crippen LogP contribution >= 0.6 is 0 Å². The number of benzene rings is 1. The van der Waals surface area contributed by atoms with Crippen LogP contribution in [0.3, 0.4) is 0 Å². The predicted molar refractivity (Wildman–Crippen MR) is 108 cm³/mol. The molecule has 0 amide bonds. The van der Waals surface area contributed by atoms with Crippen molar-refractivity contribution in [2.75, 3.05) is 0 Å². The lowest BCUT2D eigenvalue weighted by Crippen LogP contribution is -2.12. The number of nitrogens with zero attached hydrogens (tertiary/aromatic N) is 5. The lowest BCUT2D eigenvalue weighted by atomic mass is 10.1. The Morgan fingerprint density at radius 2 is 2.04 bits per heavy atom. The number of fused-ring (bicyclic) bond motifs is 1. The standard InChI is InChI=1S/C21H22N6O/c1-2-4-17(22)18-9-10-23-21(26-18)14-7-8-15-12-24-27(19(15)11-14)20-6-3-5-16(13-28)25-20/h3,5-12,17,28H,2,4,13,22H2,1H3/t17-/m0/s1. The monoisotopic (exact) mass is 374 g/mol. The van der Waals surface area contributed by atoms with E-state index in [9.17, 15) is 5.11 Å². The Labute approximate surface area is 162 Å². The van der Waals surface area contributed by atoms with Gasteiger partial charge in [0.05, 0.1) is 29.7 Å². The average molecular weight is 374 g/mol. The Morgan fingerprint density at radius 3 is 2.86 bits per heavy atom. The van der Waals surface area contributed by atoms with Gasteiger partial charge >= 0.3 is 0 Å². The van der Waals surface area contributed by atoms with E-state index in [0.29, 0.717) is 17.3 Å². The van der Waals surface area contributed by atoms with Gasteiger partial charge in [-0.1, -0.05) is 31.5 Å². The Morgan fingerprint density at radius 1 is 1.14 bits per heavy atom. The van der Waals surface area contributed by atoms with Gasteiger partial charge in [0, 0.05) is 23.2 Å². The van der Waals surface area contributed by atoms with Crippen molar-refractivity contribution in [1.29, 1.82) is 0 Å². The first-order valence-corrected chi connectivity index (χ1v) is 9.33. The van der Waals surface area contributed by atoms with Crippen molar-refractivity contribution in [1.82, 2.24) is 24.7 Å². The fourth-order valence-electron chi connectivity index (χ4n) is 3.19. The smallest absolute Gasteiger partial charge is 0.159 e. The Kier molecular flexibility index (Phi) is 5.10. The van der Waals surface area contributed by atoms with Gasteiger partial charge in [-0.05, 0) is 30.7 Å². The van der Waals surface area contributed by atoms with Crippen LogP contribution in [0.25, 0.3) is 28.1 Å². The second kappa shape index (κ2) is 7.84. The normalized spacial score (nSPS) is 12.4. The molecule has 4 rings (SSSR count). The molecule has 4 aromatic rings. The highest BCUT2D eigenvalue weighted by Crippen LogP contribution is 2.25. The Bertz CT molecular complexity index is 1110. The summed E-state index contributed by atoms with van der Waals surface area (Å²) in [4.78, 5) is 13.5. The van der Waals surface area contributed by atoms with Gasteiger partial charge in [0.25, 0.3) is 0 Å². The zero-order valence-electron chi connectivity index (χ0n) is 15.7. The summed E-state index contributed by atoms with van der Waals surface area (Å²) in [7, 11) is 0. The Balaban J connectivity index is 1.77. The van der Waals surface area contributed by atoms with Crippen LogP contribution in [0.4, 0.5) is 0 Å². The van der Waals surface area contributed by atoms with Gasteiger partial charge in [0.1, 0.15) is 0 Å². The number of hydrogen-bond donors (Lipinski definition) is 2. The minimum absolute atomic E-state index is 0.0913. The molecule has 0 aliphatic rings. The molecule has 7 nitrogen and oxygen atoms in total. The molecule has 0 aliphatic carbocycles. The molecule has 1 aromatic carbocycles. The van der Waals surface area contributed by atoms with Crippen LogP contribution in [-0.4, -0.2) is 29.8 Å². The van der Waals surface area contributed by atoms with Gasteiger partial charge in [-0.15, -0.1) is 0 Å². The van der Waals surface area contributed by atoms with E-state index in [-0.39, 0.29) is 12.6 Å². The maximum atomic E-state index is 9.36. The molecule has 0 radical (unpaired) electrons. The number of pyridine rings is 1. The zero-order valence-corrected chi connectivity index (χ0v) is 15.7. The molecule has 0 aliphatic heterocycles. The van der Waals surface area contributed by atoms with Gasteiger partial charge < -0.3 is 10.8 Å². The summed E-state index contributed by atoms with van der Waals surface area (Å²) in [5.74, 6) is 1.29. The van der Waals surface area contributed by atoms with Gasteiger partial charge in [0.15, 0.2) is 11.6 Å². The predicted octanol–water partition coefficient (Wildman–Crippen LogP) is 3.17. The maximum absolute atomic E-state index is 9.36. The lowest BCUT2D eigenvalue weighted by Gasteiger charge is -2.11. The van der Waals surface area contributed by atoms with Crippen molar-refractivity contribution in [3.8, 4) is 17.2 Å². The molecule has 142 valence electrons. The van der Waals surface area contributed by atoms with E-state index in [2.05, 4.69) is 27.0 Å². The summed E-state index contributed by atoms with van der Waals surface area (Å²) >= 11 is 0. The van der Waals surface area contributed by atoms with Gasteiger partial charge in [-0.25, -0.2) is 19.6 Å². The average Bonchev–Trinajstić information content (AvgIpc) is 3.17. The van der Waals surface area contributed by atoms with Crippen LogP contribution in [0.15, 0.2) is 54.9 Å². The van der Waals surface area contributed by atoms with Crippen LogP contribution in [0, 0.1) is 0 Å². The molecule has 0 fully saturated rings. The highest BCUT2D eigenvalue weighted by Gasteiger charge is 2.12. The SMILES string of the molecule is CCC[C@H](N)c1ccnc(-c2ccc3cnn(-c4cccc(CO)n4)c3c2)n1. The van der Waals surface area contributed by atoms with Crippen LogP contribution in [-0.2, 0) is 6.61 Å². The van der Waals surface area contributed by atoms with E-state index in [4.69, 9.17) is 5.73 Å². The topological polar surface area (TPSA) is 103 Å². The van der Waals surface area contributed by atoms with Gasteiger partial charge in [-0.2, -0.15) is 5.10 Å². The third-order valence-corrected chi connectivity index (χ3v) is 4.66. The first kappa shape index (κ1) is 18.2. The maximum Gasteiger partial charge on any atom is 0.159 e. The third-order valence-electron chi connectivity index (χ3n) is 4.66. The highest BCUT2D eigenvalue weighted by atomic mass is 16.3. The first-order valence-electron chi connectivity index (χ1n) is 9.33. The molecule has 0 saturated heterocycles. The summed E-state index contributed by atoms with van der Waals surface area (Å²) in [6, 6.07) is 13.2. The van der Waals surface area contributed by atoms with Crippen molar-refractivity contribution in [2.24, 2.45) is 5.73 Å². The van der Waals surface area contributed by atoms with E-state index < -0.39 is 0 Å². The summed E-state index contributed by atoms with van der Waals surface area (Å²) in [5, 5.41) is 14.8. The van der Waals surface area contributed by atoms with Crippen LogP contribution in [0.5, 0.6) is 0 Å². The highest BCUT2D eigenvalue weighted by molar-refractivity contribution is 5.84. The molecule has 3 aromatic heterocycles. The van der Waals surface area contributed by atoms with Crippen molar-refractivity contribution >= 4 is 10.9 Å². The fourth-order valence-corrected chi connectivity index (χ4v) is 3.19. The molecule has 28 heavy (non-hydrogen) atoms. The fraction of sp³-hybridized carbons (Fsp3) is 0.238. The molecule has 7 heteroatoms. The van der Waals surface area contributed by atoms with Crippen molar-refractivity contribution in [3.63, 3.8) is 0 Å². The molecule has 0 spiro atoms. The quantitative estimate of drug-likeness (QED) is 0.537. The molecular formula is C21H22N6O. The van der Waals surface area contributed by atoms with Crippen LogP contribution in [0.2, 0.25) is 0 Å². The molecule has 1 atom stereocenters. The summed E-state index contributed by atoms with van der Waals surface area (Å²) < 4.78 is 1.75. The first-order chi connectivity index (χ1) is 13.7. The summed E-state index contributed by atoms with van der Waals surface area (Å²) in [6.45, 7) is 1.99. The number of aliphatic hydroxyl groups is 1. The molecule has 0 unspecified atom stereocenters. The van der Waals surface area contributed by atoms with Crippen molar-refractivity contribution in [2.45, 2.75) is 32.4 Å². The van der Waals surface area contributed by atoms with Crippen molar-refractivity contribution in [3.05, 3.63) is 66.2 Å². The second-order valence-corrected chi connectivity index (χ2v) is 6.68. The minimum atomic E-state index is -0.114. The molecule has 0 bridgehead atoms. The number of aromatic nitrogens is 5. The lowest BCUT2D eigenvalue weighted by molar-refractivity contribution is 0.276. The van der Waals surface area contributed by atoms with Crippen molar-refractivity contribution < 1.29 is 5.11 Å². The summed E-state index contributed by atoms with van der Waals surface area (Å²) in [6.07, 6.45) is 5.43. The van der Waals surface area contributed by atoms with E-state index in [1.54, 1.807) is 23.1 Å². The van der Waals surface area contributed by atoms with E-state index in [0.717, 1.165) is 35.0 Å². The number of aliphatic hydroxyl groups excluding tert-OH is 1. The van der Waals surface area contributed by atoms with E-state index in [1.165, 1.54) is 0 Å². The van der Waals surface area contributed by atoms with Crippen LogP contribution in [0.1, 0.15) is 37.2 Å². The Hall–Kier alpha value is -3.16. The molecular weight excluding hydrogens is 352 g/mol. The number of rotatable bonds is 6. The summed E-state index contributed by atoms with van der Waals surface area (Å²) in [5.41, 5.74) is 9.44. The minimum Gasteiger partial charge on any atom is -0.390 e. The van der Waals surface area contributed by atoms with Gasteiger partial charge in [-0.3, -0.25) is 0 Å². The molecule has 3 N–H and O–H groups in total. The zero-order chi connectivity index (χ0) is 19.5. The van der Waals surface area contributed by atoms with E-state index >= 15 is 0 Å². The number of hydrogen-bond acceptors (Lipinski definition) is 6. The third kappa shape index (κ3) is 3.49. The van der Waals surface area contributed by atoms with Crippen LogP contribution < -0.4 is 5.73 Å². The molecule has 3 heterocycles. The number of nitrogens with two attached hydrogens (primary N) is 1. The molecule has 0 saturated carbocycles. The largest absolute Gasteiger partial charge is 0.390 e. The van der Waals surface area contributed by atoms with Gasteiger partial charge in [0.2, 0.25) is 0 Å². The van der Waals surface area contributed by atoms with E-state index in [1.807, 2.05) is 36.4 Å².